The fourth-order valence-electron chi connectivity index (χ4n) is 3.83. The van der Waals surface area contributed by atoms with Gasteiger partial charge in [0.15, 0.2) is 5.82 Å². The lowest BCUT2D eigenvalue weighted by Crippen LogP contribution is -2.33. The van der Waals surface area contributed by atoms with Crippen molar-refractivity contribution in [2.24, 2.45) is 5.73 Å². The molecule has 6 nitrogen and oxygen atoms in total. The zero-order valence-corrected chi connectivity index (χ0v) is 15.2. The molecule has 1 amide bonds. The van der Waals surface area contributed by atoms with Crippen LogP contribution in [0.3, 0.4) is 0 Å². The summed E-state index contributed by atoms with van der Waals surface area (Å²) in [6.07, 6.45) is 6.48. The second kappa shape index (κ2) is 7.60. The molecule has 0 spiro atoms. The van der Waals surface area contributed by atoms with Crippen molar-refractivity contribution in [1.29, 1.82) is 0 Å². The number of carbonyl (C=O) groups excluding carboxylic acids is 1. The molecule has 0 unspecified atom stereocenters. The van der Waals surface area contributed by atoms with Crippen molar-refractivity contribution in [3.8, 4) is 11.3 Å². The van der Waals surface area contributed by atoms with Crippen molar-refractivity contribution in [1.82, 2.24) is 9.97 Å². The summed E-state index contributed by atoms with van der Waals surface area (Å²) in [4.78, 5) is 22.2. The maximum Gasteiger partial charge on any atom is 0.227 e. The highest BCUT2D eigenvalue weighted by molar-refractivity contribution is 5.95. The van der Waals surface area contributed by atoms with Crippen LogP contribution in [-0.4, -0.2) is 34.5 Å². The predicted octanol–water partition coefficient (Wildman–Crippen LogP) is 3.09. The normalized spacial score (nSPS) is 22.9. The molecule has 0 bridgehead atoms. The minimum atomic E-state index is -0.476. The summed E-state index contributed by atoms with van der Waals surface area (Å²) in [7, 11) is 0. The first-order valence-electron chi connectivity index (χ1n) is 9.55. The summed E-state index contributed by atoms with van der Waals surface area (Å²) in [5.41, 5.74) is 7.61. The standard InChI is InChI=1S/C20H24FN5O/c21-17-12-23-20(24-15-8-6-14(22)7-9-15)25-19(17)13-3-1-4-16(11-13)26-10-2-5-18(26)27/h1,3-4,11-12,14-15H,2,5-10,22H2,(H,23,24,25). The molecule has 0 atom stereocenters. The molecule has 1 aromatic heterocycles. The van der Waals surface area contributed by atoms with E-state index < -0.39 is 5.82 Å². The number of nitrogens with zero attached hydrogens (tertiary/aromatic N) is 3. The minimum absolute atomic E-state index is 0.105. The molecule has 3 N–H and O–H groups in total. The van der Waals surface area contributed by atoms with Gasteiger partial charge in [-0.25, -0.2) is 14.4 Å². The lowest BCUT2D eigenvalue weighted by Gasteiger charge is -2.26. The molecule has 2 heterocycles. The Hall–Kier alpha value is -2.54. The van der Waals surface area contributed by atoms with Gasteiger partial charge in [0, 0.05) is 36.3 Å². The fourth-order valence-corrected chi connectivity index (χ4v) is 3.83. The van der Waals surface area contributed by atoms with E-state index in [9.17, 15) is 9.18 Å². The van der Waals surface area contributed by atoms with E-state index in [0.717, 1.165) is 37.8 Å². The molecule has 1 aromatic carbocycles. The Morgan fingerprint density at radius 3 is 2.78 bits per heavy atom. The number of benzene rings is 1. The zero-order valence-electron chi connectivity index (χ0n) is 15.2. The molecule has 7 heteroatoms. The van der Waals surface area contributed by atoms with Gasteiger partial charge in [-0.05, 0) is 44.2 Å². The highest BCUT2D eigenvalue weighted by atomic mass is 19.1. The van der Waals surface area contributed by atoms with Gasteiger partial charge in [0.05, 0.1) is 6.20 Å². The number of amides is 1. The maximum atomic E-state index is 14.4. The van der Waals surface area contributed by atoms with Crippen molar-refractivity contribution in [3.63, 3.8) is 0 Å². The highest BCUT2D eigenvalue weighted by Gasteiger charge is 2.23. The summed E-state index contributed by atoms with van der Waals surface area (Å²) in [5.74, 6) is 0.0545. The van der Waals surface area contributed by atoms with Crippen LogP contribution in [0.5, 0.6) is 0 Å². The Morgan fingerprint density at radius 2 is 2.04 bits per heavy atom. The van der Waals surface area contributed by atoms with Crippen LogP contribution in [0.4, 0.5) is 16.0 Å². The Kier molecular flexibility index (Phi) is 5.03. The number of anilines is 2. The summed E-state index contributed by atoms with van der Waals surface area (Å²) >= 11 is 0. The maximum absolute atomic E-state index is 14.4. The third-order valence-electron chi connectivity index (χ3n) is 5.35. The highest BCUT2D eigenvalue weighted by Crippen LogP contribution is 2.29. The fraction of sp³-hybridized carbons (Fsp3) is 0.450. The van der Waals surface area contributed by atoms with Gasteiger partial charge in [0.2, 0.25) is 11.9 Å². The van der Waals surface area contributed by atoms with E-state index in [-0.39, 0.29) is 23.7 Å². The van der Waals surface area contributed by atoms with Crippen molar-refractivity contribution in [3.05, 3.63) is 36.3 Å². The lowest BCUT2D eigenvalue weighted by atomic mass is 9.92. The molecule has 27 heavy (non-hydrogen) atoms. The van der Waals surface area contributed by atoms with E-state index in [1.165, 1.54) is 6.20 Å². The topological polar surface area (TPSA) is 84.1 Å². The van der Waals surface area contributed by atoms with E-state index in [2.05, 4.69) is 15.3 Å². The van der Waals surface area contributed by atoms with E-state index >= 15 is 0 Å². The van der Waals surface area contributed by atoms with E-state index in [1.54, 1.807) is 11.0 Å². The number of rotatable bonds is 4. The van der Waals surface area contributed by atoms with Gasteiger partial charge < -0.3 is 16.0 Å². The molecule has 1 aliphatic carbocycles. The Labute approximate surface area is 158 Å². The average Bonchev–Trinajstić information content (AvgIpc) is 3.11. The largest absolute Gasteiger partial charge is 0.351 e. The molecule has 1 aliphatic heterocycles. The van der Waals surface area contributed by atoms with Gasteiger partial charge in [-0.2, -0.15) is 0 Å². The smallest absolute Gasteiger partial charge is 0.227 e. The lowest BCUT2D eigenvalue weighted by molar-refractivity contribution is -0.117. The zero-order chi connectivity index (χ0) is 18.8. The van der Waals surface area contributed by atoms with Gasteiger partial charge in [0.1, 0.15) is 5.69 Å². The third-order valence-corrected chi connectivity index (χ3v) is 5.35. The van der Waals surface area contributed by atoms with Crippen LogP contribution in [0.15, 0.2) is 30.5 Å². The first-order valence-corrected chi connectivity index (χ1v) is 9.55. The average molecular weight is 369 g/mol. The van der Waals surface area contributed by atoms with Gasteiger partial charge in [0.25, 0.3) is 0 Å². The number of nitrogens with one attached hydrogen (secondary N) is 1. The second-order valence-corrected chi connectivity index (χ2v) is 7.35. The predicted molar refractivity (Wildman–Crippen MR) is 103 cm³/mol. The summed E-state index contributed by atoms with van der Waals surface area (Å²) in [6.45, 7) is 0.700. The first kappa shape index (κ1) is 17.9. The van der Waals surface area contributed by atoms with Crippen LogP contribution in [0, 0.1) is 5.82 Å². The molecule has 1 saturated carbocycles. The van der Waals surface area contributed by atoms with Crippen LogP contribution >= 0.6 is 0 Å². The Morgan fingerprint density at radius 1 is 1.22 bits per heavy atom. The van der Waals surface area contributed by atoms with E-state index in [0.29, 0.717) is 24.5 Å². The molecule has 2 aliphatic rings. The number of hydrogen-bond acceptors (Lipinski definition) is 5. The van der Waals surface area contributed by atoms with E-state index in [1.807, 2.05) is 18.2 Å². The second-order valence-electron chi connectivity index (χ2n) is 7.35. The minimum Gasteiger partial charge on any atom is -0.351 e. The van der Waals surface area contributed by atoms with Crippen molar-refractivity contribution in [2.45, 2.75) is 50.6 Å². The van der Waals surface area contributed by atoms with E-state index in [4.69, 9.17) is 5.73 Å². The Bertz CT molecular complexity index is 835. The van der Waals surface area contributed by atoms with Crippen LogP contribution < -0.4 is 16.0 Å². The summed E-state index contributed by atoms with van der Waals surface area (Å²) in [5, 5.41) is 3.31. The van der Waals surface area contributed by atoms with Crippen molar-refractivity contribution in [2.75, 3.05) is 16.8 Å². The third kappa shape index (κ3) is 3.93. The van der Waals surface area contributed by atoms with Crippen molar-refractivity contribution >= 4 is 17.5 Å². The molecule has 0 radical (unpaired) electrons. The van der Waals surface area contributed by atoms with Crippen LogP contribution in [0.2, 0.25) is 0 Å². The quantitative estimate of drug-likeness (QED) is 0.865. The molecule has 142 valence electrons. The molecule has 2 fully saturated rings. The van der Waals surface area contributed by atoms with Gasteiger partial charge >= 0.3 is 0 Å². The number of hydrogen-bond donors (Lipinski definition) is 2. The van der Waals surface area contributed by atoms with Crippen LogP contribution in [-0.2, 0) is 4.79 Å². The molecule has 4 rings (SSSR count). The van der Waals surface area contributed by atoms with Gasteiger partial charge in [-0.3, -0.25) is 4.79 Å². The number of carbonyl (C=O) groups is 1. The molecular formula is C20H24FN5O. The summed E-state index contributed by atoms with van der Waals surface area (Å²) < 4.78 is 14.4. The molecule has 1 saturated heterocycles. The number of halogens is 1. The number of aromatic nitrogens is 2. The molecular weight excluding hydrogens is 345 g/mol. The summed E-state index contributed by atoms with van der Waals surface area (Å²) in [6, 6.07) is 7.85. The first-order chi connectivity index (χ1) is 13.1. The monoisotopic (exact) mass is 369 g/mol. The van der Waals surface area contributed by atoms with Gasteiger partial charge in [-0.1, -0.05) is 12.1 Å². The molecule has 2 aromatic rings. The Balaban J connectivity index is 1.57. The van der Waals surface area contributed by atoms with Gasteiger partial charge in [-0.15, -0.1) is 0 Å². The number of nitrogens with two attached hydrogens (primary N) is 1. The van der Waals surface area contributed by atoms with Crippen LogP contribution in [0.1, 0.15) is 38.5 Å². The van der Waals surface area contributed by atoms with Crippen molar-refractivity contribution < 1.29 is 9.18 Å². The van der Waals surface area contributed by atoms with Crippen LogP contribution in [0.25, 0.3) is 11.3 Å². The SMILES string of the molecule is NC1CCC(Nc2ncc(F)c(-c3cccc(N4CCCC4=O)c3)n2)CC1.